The number of halogens is 1. The highest BCUT2D eigenvalue weighted by atomic mass is 35.5. The average molecular weight is 283 g/mol. The van der Waals surface area contributed by atoms with Gasteiger partial charge in [0.15, 0.2) is 0 Å². The van der Waals surface area contributed by atoms with Gasteiger partial charge < -0.3 is 5.73 Å². The molecule has 0 aromatic carbocycles. The molecular formula is C11H23ClN2O2S. The summed E-state index contributed by atoms with van der Waals surface area (Å²) < 4.78 is 25.8. The van der Waals surface area contributed by atoms with Crippen molar-refractivity contribution >= 4 is 22.4 Å². The van der Waals surface area contributed by atoms with Gasteiger partial charge in [0.05, 0.1) is 5.75 Å². The maximum Gasteiger partial charge on any atom is 0.214 e. The highest BCUT2D eigenvalue weighted by molar-refractivity contribution is 7.89. The molecule has 1 aliphatic carbocycles. The zero-order valence-corrected chi connectivity index (χ0v) is 11.8. The second kappa shape index (κ2) is 6.36. The minimum absolute atomic E-state index is 0. The van der Waals surface area contributed by atoms with Gasteiger partial charge in [0.2, 0.25) is 10.0 Å². The van der Waals surface area contributed by atoms with E-state index >= 15 is 0 Å². The van der Waals surface area contributed by atoms with Gasteiger partial charge in [-0.1, -0.05) is 19.3 Å². The number of hydrogen-bond donors (Lipinski definition) is 1. The Morgan fingerprint density at radius 2 is 1.76 bits per heavy atom. The molecule has 2 N–H and O–H groups in total. The molecule has 0 spiro atoms. The van der Waals surface area contributed by atoms with Crippen LogP contribution in [0.4, 0.5) is 0 Å². The van der Waals surface area contributed by atoms with Gasteiger partial charge in [-0.3, -0.25) is 0 Å². The van der Waals surface area contributed by atoms with Crippen LogP contribution in [0.15, 0.2) is 0 Å². The molecule has 1 aliphatic heterocycles. The Hall–Kier alpha value is 0.160. The summed E-state index contributed by atoms with van der Waals surface area (Å²) in [6.45, 7) is 1.14. The molecule has 6 heteroatoms. The van der Waals surface area contributed by atoms with E-state index in [1.807, 2.05) is 0 Å². The van der Waals surface area contributed by atoms with E-state index in [4.69, 9.17) is 5.73 Å². The summed E-state index contributed by atoms with van der Waals surface area (Å²) >= 11 is 0. The molecular weight excluding hydrogens is 260 g/mol. The van der Waals surface area contributed by atoms with Crippen molar-refractivity contribution in [3.63, 3.8) is 0 Å². The van der Waals surface area contributed by atoms with Crippen molar-refractivity contribution in [2.75, 3.05) is 18.8 Å². The number of hydrogen-bond acceptors (Lipinski definition) is 3. The Bertz CT molecular complexity index is 328. The van der Waals surface area contributed by atoms with Crippen LogP contribution in [0.25, 0.3) is 0 Å². The summed E-state index contributed by atoms with van der Waals surface area (Å²) in [5, 5.41) is 0. The first-order valence-corrected chi connectivity index (χ1v) is 7.92. The normalized spacial score (nSPS) is 27.9. The molecule has 0 aromatic rings. The minimum atomic E-state index is -3.04. The Labute approximate surface area is 110 Å². The van der Waals surface area contributed by atoms with Crippen LogP contribution in [0.1, 0.15) is 38.5 Å². The monoisotopic (exact) mass is 282 g/mol. The van der Waals surface area contributed by atoms with Crippen LogP contribution in [0.3, 0.4) is 0 Å². The summed E-state index contributed by atoms with van der Waals surface area (Å²) in [5.41, 5.74) is 5.75. The number of rotatable bonds is 3. The van der Waals surface area contributed by atoms with Crippen molar-refractivity contribution in [1.82, 2.24) is 4.31 Å². The van der Waals surface area contributed by atoms with Crippen LogP contribution in [0, 0.1) is 5.92 Å². The lowest BCUT2D eigenvalue weighted by Gasteiger charge is -2.24. The lowest BCUT2D eigenvalue weighted by Crippen LogP contribution is -2.35. The van der Waals surface area contributed by atoms with Crippen LogP contribution < -0.4 is 5.73 Å². The van der Waals surface area contributed by atoms with Gasteiger partial charge in [-0.2, -0.15) is 0 Å². The quantitative estimate of drug-likeness (QED) is 0.850. The van der Waals surface area contributed by atoms with E-state index in [2.05, 4.69) is 0 Å². The third-order valence-corrected chi connectivity index (χ3v) is 5.76. The molecule has 0 amide bonds. The fraction of sp³-hybridized carbons (Fsp3) is 1.00. The molecule has 1 atom stereocenters. The molecule has 4 nitrogen and oxygen atoms in total. The molecule has 0 unspecified atom stereocenters. The van der Waals surface area contributed by atoms with Gasteiger partial charge in [0, 0.05) is 19.1 Å². The first-order valence-electron chi connectivity index (χ1n) is 6.31. The Morgan fingerprint density at radius 1 is 1.12 bits per heavy atom. The SMILES string of the molecule is Cl.N[C@@H]1CCN(S(=O)(=O)CC2CCCCC2)C1. The van der Waals surface area contributed by atoms with Crippen molar-refractivity contribution in [3.05, 3.63) is 0 Å². The van der Waals surface area contributed by atoms with Crippen LogP contribution in [0.2, 0.25) is 0 Å². The lowest BCUT2D eigenvalue weighted by molar-refractivity contribution is 0.375. The first-order chi connectivity index (χ1) is 7.58. The molecule has 2 fully saturated rings. The summed E-state index contributed by atoms with van der Waals surface area (Å²) in [6, 6.07) is 0.0427. The second-order valence-corrected chi connectivity index (χ2v) is 7.20. The highest BCUT2D eigenvalue weighted by Crippen LogP contribution is 2.26. The van der Waals surface area contributed by atoms with Crippen LogP contribution in [-0.4, -0.2) is 37.6 Å². The highest BCUT2D eigenvalue weighted by Gasteiger charge is 2.31. The third-order valence-electron chi connectivity index (χ3n) is 3.75. The molecule has 1 heterocycles. The molecule has 0 radical (unpaired) electrons. The minimum Gasteiger partial charge on any atom is -0.326 e. The predicted molar refractivity (Wildman–Crippen MR) is 71.8 cm³/mol. The van der Waals surface area contributed by atoms with Crippen molar-refractivity contribution in [2.24, 2.45) is 11.7 Å². The topological polar surface area (TPSA) is 63.4 Å². The second-order valence-electron chi connectivity index (χ2n) is 5.19. The van der Waals surface area contributed by atoms with Gasteiger partial charge in [-0.15, -0.1) is 12.4 Å². The third kappa shape index (κ3) is 4.09. The first kappa shape index (κ1) is 15.2. The van der Waals surface area contributed by atoms with Gasteiger partial charge >= 0.3 is 0 Å². The molecule has 1 saturated carbocycles. The van der Waals surface area contributed by atoms with Gasteiger partial charge in [-0.25, -0.2) is 12.7 Å². The summed E-state index contributed by atoms with van der Waals surface area (Å²) in [5.74, 6) is 0.732. The van der Waals surface area contributed by atoms with Crippen molar-refractivity contribution < 1.29 is 8.42 Å². The molecule has 2 rings (SSSR count). The van der Waals surface area contributed by atoms with E-state index in [0.29, 0.717) is 24.8 Å². The molecule has 0 bridgehead atoms. The molecule has 2 aliphatic rings. The lowest BCUT2D eigenvalue weighted by atomic mass is 9.91. The summed E-state index contributed by atoms with van der Waals surface area (Å²) in [7, 11) is -3.04. The van der Waals surface area contributed by atoms with Crippen molar-refractivity contribution in [1.29, 1.82) is 0 Å². The van der Waals surface area contributed by atoms with Crippen molar-refractivity contribution in [3.8, 4) is 0 Å². The standard InChI is InChI=1S/C11H22N2O2S.ClH/c12-11-6-7-13(8-11)16(14,15)9-10-4-2-1-3-5-10;/h10-11H,1-9,12H2;1H/t11-;/m1./s1. The molecule has 17 heavy (non-hydrogen) atoms. The molecule has 0 aromatic heterocycles. The maximum absolute atomic E-state index is 12.1. The Morgan fingerprint density at radius 3 is 2.29 bits per heavy atom. The fourth-order valence-electron chi connectivity index (χ4n) is 2.76. The zero-order valence-electron chi connectivity index (χ0n) is 10.2. The van der Waals surface area contributed by atoms with E-state index < -0.39 is 10.0 Å². The smallest absolute Gasteiger partial charge is 0.214 e. The summed E-state index contributed by atoms with van der Waals surface area (Å²) in [4.78, 5) is 0. The van der Waals surface area contributed by atoms with E-state index in [9.17, 15) is 8.42 Å². The Balaban J connectivity index is 0.00000144. The van der Waals surface area contributed by atoms with E-state index in [1.165, 1.54) is 19.3 Å². The van der Waals surface area contributed by atoms with Crippen molar-refractivity contribution in [2.45, 2.75) is 44.6 Å². The molecule has 102 valence electrons. The van der Waals surface area contributed by atoms with Crippen LogP contribution >= 0.6 is 12.4 Å². The number of nitrogens with two attached hydrogens (primary N) is 1. The van der Waals surface area contributed by atoms with Gasteiger partial charge in [0.1, 0.15) is 0 Å². The van der Waals surface area contributed by atoms with E-state index in [0.717, 1.165) is 19.3 Å². The summed E-state index contributed by atoms with van der Waals surface area (Å²) in [6.07, 6.45) is 6.63. The van der Waals surface area contributed by atoms with Crippen LogP contribution in [-0.2, 0) is 10.0 Å². The fourth-order valence-corrected chi connectivity index (χ4v) is 4.71. The number of sulfonamides is 1. The predicted octanol–water partition coefficient (Wildman–Crippen LogP) is 1.35. The van der Waals surface area contributed by atoms with E-state index in [-0.39, 0.29) is 18.4 Å². The largest absolute Gasteiger partial charge is 0.326 e. The maximum atomic E-state index is 12.1. The number of nitrogens with zero attached hydrogens (tertiary/aromatic N) is 1. The zero-order chi connectivity index (χ0) is 11.6. The molecule has 1 saturated heterocycles. The Kier molecular flexibility index (Phi) is 5.70. The average Bonchev–Trinajstić information content (AvgIpc) is 2.66. The van der Waals surface area contributed by atoms with Crippen LogP contribution in [0.5, 0.6) is 0 Å². The van der Waals surface area contributed by atoms with Gasteiger partial charge in [0.25, 0.3) is 0 Å². The van der Waals surface area contributed by atoms with E-state index in [1.54, 1.807) is 4.31 Å². The van der Waals surface area contributed by atoms with Gasteiger partial charge in [-0.05, 0) is 25.2 Å².